The van der Waals surface area contributed by atoms with Gasteiger partial charge in [-0.2, -0.15) is 5.26 Å². The molecule has 1 aliphatic heterocycles. The highest BCUT2D eigenvalue weighted by molar-refractivity contribution is 8.15. The minimum Gasteiger partial charge on any atom is -0.361 e. The lowest BCUT2D eigenvalue weighted by Gasteiger charge is -2.10. The van der Waals surface area contributed by atoms with Crippen molar-refractivity contribution in [1.29, 1.82) is 5.26 Å². The van der Waals surface area contributed by atoms with E-state index < -0.39 is 0 Å². The zero-order valence-corrected chi connectivity index (χ0v) is 9.59. The van der Waals surface area contributed by atoms with Gasteiger partial charge in [-0.1, -0.05) is 37.8 Å². The maximum Gasteiger partial charge on any atom is 0.177 e. The van der Waals surface area contributed by atoms with Crippen LogP contribution in [0, 0.1) is 11.3 Å². The number of unbranched alkanes of at least 4 members (excludes halogenated alkanes) is 1. The third-order valence-corrected chi connectivity index (χ3v) is 2.84. The Morgan fingerprint density at radius 3 is 3.13 bits per heavy atom. The van der Waals surface area contributed by atoms with Crippen molar-refractivity contribution in [3.8, 4) is 6.07 Å². The standard InChI is InChI=1S/C11H14N2OS/c1-3-5-7-14-11-9(6-4-2)13-10(8-12)15-11/h4,6,11H,2-3,5,7H2,1H3/b9-6+. The molecule has 0 radical (unpaired) electrons. The second kappa shape index (κ2) is 6.44. The average molecular weight is 222 g/mol. The summed E-state index contributed by atoms with van der Waals surface area (Å²) in [5.74, 6) is 0. The summed E-state index contributed by atoms with van der Waals surface area (Å²) in [5, 5.41) is 9.19. The second-order valence-electron chi connectivity index (χ2n) is 3.03. The summed E-state index contributed by atoms with van der Waals surface area (Å²) < 4.78 is 5.62. The third kappa shape index (κ3) is 3.54. The van der Waals surface area contributed by atoms with Gasteiger partial charge < -0.3 is 4.74 Å². The highest BCUT2D eigenvalue weighted by Gasteiger charge is 2.24. The Balaban J connectivity index is 2.56. The molecule has 0 spiro atoms. The summed E-state index contributed by atoms with van der Waals surface area (Å²) in [6, 6.07) is 2.03. The number of thioether (sulfide) groups is 1. The Kier molecular flexibility index (Phi) is 5.16. The van der Waals surface area contributed by atoms with E-state index >= 15 is 0 Å². The lowest BCUT2D eigenvalue weighted by molar-refractivity contribution is 0.131. The predicted octanol–water partition coefficient (Wildman–Crippen LogP) is 2.87. The molecule has 0 aromatic heterocycles. The molecule has 0 N–H and O–H groups in total. The summed E-state index contributed by atoms with van der Waals surface area (Å²) in [4.78, 5) is 4.14. The number of hydrogen-bond acceptors (Lipinski definition) is 4. The summed E-state index contributed by atoms with van der Waals surface area (Å²) >= 11 is 1.36. The molecule has 3 nitrogen and oxygen atoms in total. The van der Waals surface area contributed by atoms with Crippen LogP contribution in [-0.4, -0.2) is 17.1 Å². The van der Waals surface area contributed by atoms with Crippen molar-refractivity contribution < 1.29 is 4.74 Å². The lowest BCUT2D eigenvalue weighted by Crippen LogP contribution is -2.08. The zero-order valence-electron chi connectivity index (χ0n) is 8.77. The molecule has 80 valence electrons. The van der Waals surface area contributed by atoms with E-state index in [4.69, 9.17) is 10.00 Å². The fourth-order valence-electron chi connectivity index (χ4n) is 1.10. The molecule has 0 aliphatic carbocycles. The first kappa shape index (κ1) is 12.0. The van der Waals surface area contributed by atoms with Crippen LogP contribution in [0.15, 0.2) is 29.4 Å². The van der Waals surface area contributed by atoms with Crippen molar-refractivity contribution in [3.05, 3.63) is 24.4 Å². The van der Waals surface area contributed by atoms with Crippen LogP contribution in [0.25, 0.3) is 0 Å². The van der Waals surface area contributed by atoms with Crippen LogP contribution in [0.3, 0.4) is 0 Å². The molecule has 0 saturated carbocycles. The zero-order chi connectivity index (χ0) is 11.1. The smallest absolute Gasteiger partial charge is 0.177 e. The monoisotopic (exact) mass is 222 g/mol. The Bertz CT molecular complexity index is 328. The van der Waals surface area contributed by atoms with Crippen molar-refractivity contribution in [1.82, 2.24) is 0 Å². The SMILES string of the molecule is C=C/C=C1/N=C(C#N)SC1OCCCC. The topological polar surface area (TPSA) is 45.4 Å². The molecule has 1 rings (SSSR count). The lowest BCUT2D eigenvalue weighted by atomic mass is 10.3. The van der Waals surface area contributed by atoms with Gasteiger partial charge in [0.2, 0.25) is 0 Å². The molecule has 0 fully saturated rings. The minimum atomic E-state index is -0.135. The number of rotatable bonds is 5. The van der Waals surface area contributed by atoms with E-state index in [0.717, 1.165) is 18.5 Å². The van der Waals surface area contributed by atoms with E-state index in [9.17, 15) is 0 Å². The molecule has 0 aromatic rings. The number of aliphatic imine (C=N–C) groups is 1. The van der Waals surface area contributed by atoms with Crippen LogP contribution < -0.4 is 0 Å². The normalized spacial score (nSPS) is 22.5. The Hall–Kier alpha value is -1.05. The Morgan fingerprint density at radius 2 is 2.53 bits per heavy atom. The van der Waals surface area contributed by atoms with Crippen LogP contribution in [0.1, 0.15) is 19.8 Å². The molecular formula is C11H14N2OS. The second-order valence-corrected chi connectivity index (χ2v) is 4.08. The number of ether oxygens (including phenoxy) is 1. The largest absolute Gasteiger partial charge is 0.361 e. The van der Waals surface area contributed by atoms with Crippen molar-refractivity contribution in [3.63, 3.8) is 0 Å². The molecule has 0 bridgehead atoms. The van der Waals surface area contributed by atoms with Crippen LogP contribution in [0.5, 0.6) is 0 Å². The first-order valence-corrected chi connectivity index (χ1v) is 5.79. The van der Waals surface area contributed by atoms with E-state index in [2.05, 4.69) is 18.5 Å². The molecule has 0 saturated heterocycles. The average Bonchev–Trinajstić information content (AvgIpc) is 2.62. The molecule has 1 atom stereocenters. The van der Waals surface area contributed by atoms with Gasteiger partial charge in [-0.25, -0.2) is 4.99 Å². The van der Waals surface area contributed by atoms with E-state index in [0.29, 0.717) is 11.7 Å². The van der Waals surface area contributed by atoms with Gasteiger partial charge in [-0.05, 0) is 12.5 Å². The van der Waals surface area contributed by atoms with Crippen LogP contribution in [0.2, 0.25) is 0 Å². The van der Waals surface area contributed by atoms with E-state index in [1.165, 1.54) is 11.8 Å². The maximum atomic E-state index is 8.73. The fraction of sp³-hybridized carbons (Fsp3) is 0.455. The van der Waals surface area contributed by atoms with Gasteiger partial charge in [-0.15, -0.1) is 0 Å². The van der Waals surface area contributed by atoms with Gasteiger partial charge in [0.15, 0.2) is 10.5 Å². The molecule has 0 aromatic carbocycles. The molecule has 1 aliphatic rings. The molecule has 15 heavy (non-hydrogen) atoms. The number of hydrogen-bond donors (Lipinski definition) is 0. The van der Waals surface area contributed by atoms with Crippen LogP contribution >= 0.6 is 11.8 Å². The Labute approximate surface area is 94.5 Å². The van der Waals surface area contributed by atoms with Crippen molar-refractivity contribution in [2.45, 2.75) is 25.2 Å². The van der Waals surface area contributed by atoms with E-state index in [1.54, 1.807) is 12.2 Å². The van der Waals surface area contributed by atoms with Gasteiger partial charge >= 0.3 is 0 Å². The van der Waals surface area contributed by atoms with Crippen LogP contribution in [-0.2, 0) is 4.74 Å². The molecule has 1 heterocycles. The number of allylic oxidation sites excluding steroid dienone is 2. The Morgan fingerprint density at radius 1 is 1.73 bits per heavy atom. The maximum absolute atomic E-state index is 8.73. The summed E-state index contributed by atoms with van der Waals surface area (Å²) in [6.45, 7) is 6.43. The van der Waals surface area contributed by atoms with Crippen molar-refractivity contribution in [2.75, 3.05) is 6.61 Å². The van der Waals surface area contributed by atoms with Gasteiger partial charge in [0.05, 0.1) is 5.70 Å². The first-order chi connectivity index (χ1) is 7.31. The molecule has 1 unspecified atom stereocenters. The fourth-order valence-corrected chi connectivity index (χ4v) is 1.93. The molecule has 0 amide bonds. The third-order valence-electron chi connectivity index (χ3n) is 1.84. The molecule has 4 heteroatoms. The number of nitriles is 1. The van der Waals surface area contributed by atoms with Gasteiger partial charge in [0.1, 0.15) is 6.07 Å². The quantitative estimate of drug-likeness (QED) is 0.672. The number of nitrogens with zero attached hydrogens (tertiary/aromatic N) is 2. The van der Waals surface area contributed by atoms with Crippen LogP contribution in [0.4, 0.5) is 0 Å². The van der Waals surface area contributed by atoms with Gasteiger partial charge in [0.25, 0.3) is 0 Å². The van der Waals surface area contributed by atoms with E-state index in [1.807, 2.05) is 6.07 Å². The molecular weight excluding hydrogens is 208 g/mol. The summed E-state index contributed by atoms with van der Waals surface area (Å²) in [6.07, 6.45) is 5.58. The van der Waals surface area contributed by atoms with E-state index in [-0.39, 0.29) is 5.44 Å². The minimum absolute atomic E-state index is 0.135. The highest BCUT2D eigenvalue weighted by Crippen LogP contribution is 2.30. The van der Waals surface area contributed by atoms with Gasteiger partial charge in [0, 0.05) is 6.61 Å². The summed E-state index contributed by atoms with van der Waals surface area (Å²) in [5.41, 5.74) is 0.645. The summed E-state index contributed by atoms with van der Waals surface area (Å²) in [7, 11) is 0. The van der Waals surface area contributed by atoms with Gasteiger partial charge in [-0.3, -0.25) is 0 Å². The van der Waals surface area contributed by atoms with Crippen molar-refractivity contribution >= 4 is 16.8 Å². The predicted molar refractivity (Wildman–Crippen MR) is 63.6 cm³/mol. The highest BCUT2D eigenvalue weighted by atomic mass is 32.2. The first-order valence-electron chi connectivity index (χ1n) is 4.91. The van der Waals surface area contributed by atoms with Crippen molar-refractivity contribution in [2.24, 2.45) is 4.99 Å².